The average molecular weight is 421 g/mol. The van der Waals surface area contributed by atoms with Crippen molar-refractivity contribution in [3.8, 4) is 22.3 Å². The lowest BCUT2D eigenvalue weighted by Gasteiger charge is -2.27. The first-order valence-electron chi connectivity index (χ1n) is 11.2. The normalized spacial score (nSPS) is 17.1. The van der Waals surface area contributed by atoms with Gasteiger partial charge in [-0.15, -0.1) is 0 Å². The summed E-state index contributed by atoms with van der Waals surface area (Å²) in [6.45, 7) is 2.41. The summed E-state index contributed by atoms with van der Waals surface area (Å²) in [5.74, 6) is 0.127. The zero-order valence-corrected chi connectivity index (χ0v) is 17.8. The van der Waals surface area contributed by atoms with Crippen LogP contribution in [0.1, 0.15) is 33.2 Å². The van der Waals surface area contributed by atoms with Gasteiger partial charge in [0.1, 0.15) is 5.69 Å². The van der Waals surface area contributed by atoms with Crippen molar-refractivity contribution in [2.75, 3.05) is 26.3 Å². The van der Waals surface area contributed by atoms with E-state index in [1.54, 1.807) is 0 Å². The fraction of sp³-hybridized carbons (Fsp3) is 0.179. The number of aromatic amines is 1. The Balaban J connectivity index is 1.60. The van der Waals surface area contributed by atoms with Gasteiger partial charge in [-0.05, 0) is 22.3 Å². The molecule has 0 bridgehead atoms. The van der Waals surface area contributed by atoms with E-state index in [0.717, 1.165) is 22.4 Å². The van der Waals surface area contributed by atoms with Gasteiger partial charge >= 0.3 is 0 Å². The first-order chi connectivity index (χ1) is 15.8. The minimum absolute atomic E-state index is 0.0471. The largest absolute Gasteiger partial charge is 0.378 e. The lowest BCUT2D eigenvalue weighted by atomic mass is 9.92. The third kappa shape index (κ3) is 2.99. The Morgan fingerprint density at radius 3 is 2.22 bits per heavy atom. The molecule has 4 aromatic rings. The quantitative estimate of drug-likeness (QED) is 0.430. The van der Waals surface area contributed by atoms with Crippen LogP contribution in [0, 0.1) is 0 Å². The molecule has 4 heteroatoms. The van der Waals surface area contributed by atoms with E-state index in [4.69, 9.17) is 4.74 Å². The maximum Gasteiger partial charge on any atom is 0.271 e. The Labute approximate surface area is 187 Å². The summed E-state index contributed by atoms with van der Waals surface area (Å²) >= 11 is 0. The highest BCUT2D eigenvalue weighted by Crippen LogP contribution is 2.52. The van der Waals surface area contributed by atoms with Gasteiger partial charge in [0.15, 0.2) is 0 Å². The van der Waals surface area contributed by atoms with E-state index < -0.39 is 0 Å². The minimum atomic E-state index is 0.0471. The van der Waals surface area contributed by atoms with Crippen molar-refractivity contribution in [1.82, 2.24) is 9.88 Å². The number of amides is 1. The molecule has 1 amide bonds. The van der Waals surface area contributed by atoms with Crippen LogP contribution in [0.5, 0.6) is 0 Å². The number of nitrogens with zero attached hydrogens (tertiary/aromatic N) is 1. The second-order valence-corrected chi connectivity index (χ2v) is 8.37. The number of ether oxygens (including phenoxy) is 1. The average Bonchev–Trinajstić information content (AvgIpc) is 3.40. The lowest BCUT2D eigenvalue weighted by Crippen LogP contribution is -2.41. The Morgan fingerprint density at radius 2 is 1.47 bits per heavy atom. The van der Waals surface area contributed by atoms with Crippen LogP contribution in [0.15, 0.2) is 84.9 Å². The van der Waals surface area contributed by atoms with Gasteiger partial charge in [-0.25, -0.2) is 0 Å². The SMILES string of the molecule is O=C(c1[nH]c2c(c1-c1ccccc1)-c1ccccc1C2c1ccccc1)N1CCOCC1. The number of nitrogens with one attached hydrogen (secondary N) is 1. The molecule has 0 spiro atoms. The number of aromatic nitrogens is 1. The summed E-state index contributed by atoms with van der Waals surface area (Å²) < 4.78 is 5.48. The number of hydrogen-bond donors (Lipinski definition) is 1. The highest BCUT2D eigenvalue weighted by atomic mass is 16.5. The highest BCUT2D eigenvalue weighted by molar-refractivity contribution is 6.06. The molecule has 0 radical (unpaired) electrons. The van der Waals surface area contributed by atoms with Crippen LogP contribution < -0.4 is 0 Å². The van der Waals surface area contributed by atoms with Crippen LogP contribution in [0.3, 0.4) is 0 Å². The first kappa shape index (κ1) is 19.1. The van der Waals surface area contributed by atoms with E-state index in [0.29, 0.717) is 32.0 Å². The van der Waals surface area contributed by atoms with E-state index in [-0.39, 0.29) is 11.8 Å². The van der Waals surface area contributed by atoms with Gasteiger partial charge in [-0.1, -0.05) is 84.9 Å². The number of hydrogen-bond acceptors (Lipinski definition) is 2. The van der Waals surface area contributed by atoms with Crippen molar-refractivity contribution >= 4 is 5.91 Å². The van der Waals surface area contributed by atoms with Crippen LogP contribution in [0.2, 0.25) is 0 Å². The van der Waals surface area contributed by atoms with Crippen LogP contribution in [-0.2, 0) is 4.74 Å². The fourth-order valence-electron chi connectivity index (χ4n) is 5.12. The van der Waals surface area contributed by atoms with Crippen molar-refractivity contribution in [2.45, 2.75) is 5.92 Å². The van der Waals surface area contributed by atoms with Crippen LogP contribution in [0.25, 0.3) is 22.3 Å². The molecule has 1 aromatic heterocycles. The maximum atomic E-state index is 13.7. The number of rotatable bonds is 3. The minimum Gasteiger partial charge on any atom is -0.378 e. The summed E-state index contributed by atoms with van der Waals surface area (Å²) in [4.78, 5) is 19.2. The topological polar surface area (TPSA) is 45.3 Å². The molecule has 158 valence electrons. The second kappa shape index (κ2) is 7.81. The van der Waals surface area contributed by atoms with E-state index >= 15 is 0 Å². The summed E-state index contributed by atoms with van der Waals surface area (Å²) in [6, 6.07) is 29.4. The fourth-order valence-corrected chi connectivity index (χ4v) is 5.12. The number of carbonyl (C=O) groups is 1. The second-order valence-electron chi connectivity index (χ2n) is 8.37. The number of fused-ring (bicyclic) bond motifs is 3. The van der Waals surface area contributed by atoms with Crippen molar-refractivity contribution < 1.29 is 9.53 Å². The predicted molar refractivity (Wildman–Crippen MR) is 126 cm³/mol. The third-order valence-electron chi connectivity index (χ3n) is 6.57. The highest BCUT2D eigenvalue weighted by Gasteiger charge is 2.37. The van der Waals surface area contributed by atoms with Crippen molar-refractivity contribution in [3.63, 3.8) is 0 Å². The summed E-state index contributed by atoms with van der Waals surface area (Å²) in [6.07, 6.45) is 0. The number of carbonyl (C=O) groups excluding carboxylic acids is 1. The van der Waals surface area contributed by atoms with Gasteiger partial charge in [0, 0.05) is 29.9 Å². The van der Waals surface area contributed by atoms with E-state index in [9.17, 15) is 4.79 Å². The van der Waals surface area contributed by atoms with Gasteiger partial charge < -0.3 is 14.6 Å². The molecule has 1 fully saturated rings. The third-order valence-corrected chi connectivity index (χ3v) is 6.57. The summed E-state index contributed by atoms with van der Waals surface area (Å²) in [5.41, 5.74) is 8.71. The number of H-pyrrole nitrogens is 1. The molecular formula is C28H24N2O2. The van der Waals surface area contributed by atoms with Gasteiger partial charge in [0.25, 0.3) is 5.91 Å². The smallest absolute Gasteiger partial charge is 0.271 e. The summed E-state index contributed by atoms with van der Waals surface area (Å²) in [5, 5.41) is 0. The molecule has 1 atom stereocenters. The van der Waals surface area contributed by atoms with Crippen molar-refractivity contribution in [3.05, 3.63) is 107 Å². The zero-order chi connectivity index (χ0) is 21.5. The Morgan fingerprint density at radius 1 is 0.812 bits per heavy atom. The molecule has 1 unspecified atom stereocenters. The molecule has 1 saturated heterocycles. The molecule has 6 rings (SSSR count). The molecule has 1 aliphatic carbocycles. The molecule has 32 heavy (non-hydrogen) atoms. The van der Waals surface area contributed by atoms with Crippen LogP contribution in [-0.4, -0.2) is 42.1 Å². The standard InChI is InChI=1S/C28H24N2O2/c31-28(30-15-17-32-18-16-30)27-24(20-11-5-2-6-12-20)25-22-14-8-7-13-21(22)23(26(25)29-27)19-9-3-1-4-10-19/h1-14,23,29H,15-18H2. The van der Waals surface area contributed by atoms with E-state index in [1.807, 2.05) is 29.2 Å². The predicted octanol–water partition coefficient (Wildman–Crippen LogP) is 5.31. The Hall–Kier alpha value is -3.63. The van der Waals surface area contributed by atoms with Gasteiger partial charge in [0.05, 0.1) is 19.1 Å². The number of morpholine rings is 1. The van der Waals surface area contributed by atoms with Crippen molar-refractivity contribution in [2.24, 2.45) is 0 Å². The molecule has 1 aliphatic heterocycles. The first-order valence-corrected chi connectivity index (χ1v) is 11.2. The number of benzene rings is 3. The van der Waals surface area contributed by atoms with Crippen LogP contribution >= 0.6 is 0 Å². The maximum absolute atomic E-state index is 13.7. The van der Waals surface area contributed by atoms with Crippen LogP contribution in [0.4, 0.5) is 0 Å². The lowest BCUT2D eigenvalue weighted by molar-refractivity contribution is 0.0300. The molecular weight excluding hydrogens is 396 g/mol. The van der Waals surface area contributed by atoms with E-state index in [1.165, 1.54) is 16.7 Å². The van der Waals surface area contributed by atoms with Crippen molar-refractivity contribution in [1.29, 1.82) is 0 Å². The van der Waals surface area contributed by atoms with Gasteiger partial charge in [-0.2, -0.15) is 0 Å². The molecule has 2 aliphatic rings. The monoisotopic (exact) mass is 420 g/mol. The molecule has 4 nitrogen and oxygen atoms in total. The van der Waals surface area contributed by atoms with Gasteiger partial charge in [0.2, 0.25) is 0 Å². The molecule has 0 saturated carbocycles. The summed E-state index contributed by atoms with van der Waals surface area (Å²) in [7, 11) is 0. The molecule has 2 heterocycles. The van der Waals surface area contributed by atoms with Gasteiger partial charge in [-0.3, -0.25) is 4.79 Å². The Bertz CT molecular complexity index is 1270. The molecule has 3 aromatic carbocycles. The zero-order valence-electron chi connectivity index (χ0n) is 17.8. The molecule has 1 N–H and O–H groups in total. The Kier molecular flexibility index (Phi) is 4.66. The van der Waals surface area contributed by atoms with E-state index in [2.05, 4.69) is 65.6 Å².